The van der Waals surface area contributed by atoms with Gasteiger partial charge in [-0.3, -0.25) is 4.79 Å². The second-order valence-electron chi connectivity index (χ2n) is 5.45. The van der Waals surface area contributed by atoms with Gasteiger partial charge in [0.05, 0.1) is 26.3 Å². The van der Waals surface area contributed by atoms with Crippen LogP contribution in [-0.4, -0.2) is 38.0 Å². The van der Waals surface area contributed by atoms with E-state index < -0.39 is 24.2 Å². The van der Waals surface area contributed by atoms with Crippen LogP contribution in [0.25, 0.3) is 0 Å². The molecule has 140 valence electrons. The Labute approximate surface area is 148 Å². The molecule has 2 N–H and O–H groups in total. The number of hydrogen-bond donors (Lipinski definition) is 2. The van der Waals surface area contributed by atoms with E-state index in [0.29, 0.717) is 0 Å². The first-order valence-electron chi connectivity index (χ1n) is 7.58. The molecule has 1 atom stereocenters. The number of rotatable bonds is 6. The van der Waals surface area contributed by atoms with E-state index >= 15 is 0 Å². The molecular weight excluding hydrogens is 351 g/mol. The van der Waals surface area contributed by atoms with E-state index in [9.17, 15) is 23.1 Å². The van der Waals surface area contributed by atoms with Gasteiger partial charge < -0.3 is 19.9 Å². The van der Waals surface area contributed by atoms with E-state index in [4.69, 9.17) is 9.47 Å². The van der Waals surface area contributed by atoms with Crippen molar-refractivity contribution in [3.63, 3.8) is 0 Å². The Morgan fingerprint density at radius 1 is 1.04 bits per heavy atom. The van der Waals surface area contributed by atoms with Crippen LogP contribution in [-0.2, 0) is 5.60 Å². The molecule has 0 radical (unpaired) electrons. The highest BCUT2D eigenvalue weighted by molar-refractivity contribution is 5.97. The van der Waals surface area contributed by atoms with Crippen LogP contribution in [0.3, 0.4) is 0 Å². The maximum Gasteiger partial charge on any atom is 0.423 e. The van der Waals surface area contributed by atoms with E-state index in [0.717, 1.165) is 12.1 Å². The molecule has 0 aliphatic heterocycles. The van der Waals surface area contributed by atoms with E-state index in [1.807, 2.05) is 0 Å². The summed E-state index contributed by atoms with van der Waals surface area (Å²) in [6.07, 6.45) is -4.99. The fourth-order valence-electron chi connectivity index (χ4n) is 2.45. The minimum Gasteiger partial charge on any atom is -0.493 e. The van der Waals surface area contributed by atoms with Gasteiger partial charge in [0, 0.05) is 0 Å². The van der Waals surface area contributed by atoms with Gasteiger partial charge in [0.2, 0.25) is 5.60 Å². The lowest BCUT2D eigenvalue weighted by molar-refractivity contribution is -0.263. The molecule has 2 aromatic carbocycles. The van der Waals surface area contributed by atoms with Crippen molar-refractivity contribution in [2.45, 2.75) is 11.8 Å². The van der Waals surface area contributed by atoms with Crippen LogP contribution in [0, 0.1) is 0 Å². The number of amides is 1. The van der Waals surface area contributed by atoms with E-state index in [2.05, 4.69) is 5.32 Å². The molecule has 8 heteroatoms. The highest BCUT2D eigenvalue weighted by Crippen LogP contribution is 2.38. The lowest BCUT2D eigenvalue weighted by atomic mass is 9.93. The van der Waals surface area contributed by atoms with Gasteiger partial charge in [0.25, 0.3) is 5.91 Å². The summed E-state index contributed by atoms with van der Waals surface area (Å²) in [6.45, 7) is -1.06. The number of alkyl halides is 3. The quantitative estimate of drug-likeness (QED) is 0.822. The summed E-state index contributed by atoms with van der Waals surface area (Å²) in [5.41, 5.74) is -3.61. The number of ether oxygens (including phenoxy) is 2. The second-order valence-corrected chi connectivity index (χ2v) is 5.45. The van der Waals surface area contributed by atoms with Gasteiger partial charge in [-0.1, -0.05) is 36.4 Å². The highest BCUT2D eigenvalue weighted by Gasteiger charge is 2.55. The van der Waals surface area contributed by atoms with Gasteiger partial charge >= 0.3 is 6.18 Å². The van der Waals surface area contributed by atoms with Crippen LogP contribution in [0.5, 0.6) is 11.5 Å². The van der Waals surface area contributed by atoms with Crippen LogP contribution in [0.1, 0.15) is 15.9 Å². The third-order valence-corrected chi connectivity index (χ3v) is 3.87. The van der Waals surface area contributed by atoms with E-state index in [1.54, 1.807) is 6.07 Å². The third-order valence-electron chi connectivity index (χ3n) is 3.87. The van der Waals surface area contributed by atoms with Gasteiger partial charge in [-0.25, -0.2) is 0 Å². The van der Waals surface area contributed by atoms with Gasteiger partial charge in [-0.2, -0.15) is 13.2 Å². The number of methoxy groups -OCH3 is 2. The van der Waals surface area contributed by atoms with Gasteiger partial charge in [0.1, 0.15) is 0 Å². The number of benzene rings is 2. The molecule has 0 fully saturated rings. The van der Waals surface area contributed by atoms with Crippen molar-refractivity contribution in [3.05, 3.63) is 59.7 Å². The van der Waals surface area contributed by atoms with Gasteiger partial charge in [0.15, 0.2) is 11.5 Å². The molecule has 26 heavy (non-hydrogen) atoms. The number of carbonyl (C=O) groups excluding carboxylic acids is 1. The Balaban J connectivity index is 2.29. The van der Waals surface area contributed by atoms with Gasteiger partial charge in [-0.05, 0) is 17.7 Å². The monoisotopic (exact) mass is 369 g/mol. The zero-order chi connectivity index (χ0) is 19.4. The minimum atomic E-state index is -4.99. The maximum atomic E-state index is 13.5. The van der Waals surface area contributed by atoms with Crippen molar-refractivity contribution in [2.24, 2.45) is 0 Å². The molecule has 0 saturated heterocycles. The van der Waals surface area contributed by atoms with E-state index in [1.165, 1.54) is 44.6 Å². The Morgan fingerprint density at radius 3 is 2.23 bits per heavy atom. The summed E-state index contributed by atoms with van der Waals surface area (Å²) in [4.78, 5) is 12.4. The Kier molecular flexibility index (Phi) is 5.76. The second kappa shape index (κ2) is 7.65. The number of halogens is 3. The van der Waals surface area contributed by atoms with Crippen LogP contribution < -0.4 is 14.8 Å². The Morgan fingerprint density at radius 2 is 1.69 bits per heavy atom. The van der Waals surface area contributed by atoms with Crippen LogP contribution in [0.15, 0.2) is 48.5 Å². The van der Waals surface area contributed by atoms with Gasteiger partial charge in [-0.15, -0.1) is 0 Å². The molecule has 0 spiro atoms. The van der Waals surface area contributed by atoms with Crippen molar-refractivity contribution in [2.75, 3.05) is 20.8 Å². The fourth-order valence-corrected chi connectivity index (χ4v) is 2.45. The molecule has 0 aliphatic rings. The van der Waals surface area contributed by atoms with Crippen LogP contribution in [0.2, 0.25) is 0 Å². The number of hydrogen-bond acceptors (Lipinski definition) is 4. The molecule has 0 aliphatic carbocycles. The molecule has 0 saturated carbocycles. The average Bonchev–Trinajstić information content (AvgIpc) is 2.64. The predicted octanol–water partition coefficient (Wildman–Crippen LogP) is 2.88. The topological polar surface area (TPSA) is 67.8 Å². The summed E-state index contributed by atoms with van der Waals surface area (Å²) < 4.78 is 50.5. The largest absolute Gasteiger partial charge is 0.493 e. The van der Waals surface area contributed by atoms with Crippen molar-refractivity contribution >= 4 is 5.91 Å². The predicted molar refractivity (Wildman–Crippen MR) is 88.3 cm³/mol. The summed E-state index contributed by atoms with van der Waals surface area (Å²) >= 11 is 0. The first kappa shape index (κ1) is 19.6. The number of carbonyl (C=O) groups is 1. The summed E-state index contributed by atoms with van der Waals surface area (Å²) in [7, 11) is 2.68. The van der Waals surface area contributed by atoms with Crippen LogP contribution >= 0.6 is 0 Å². The zero-order valence-electron chi connectivity index (χ0n) is 14.1. The van der Waals surface area contributed by atoms with Crippen molar-refractivity contribution in [1.29, 1.82) is 0 Å². The molecule has 2 aromatic rings. The molecule has 0 bridgehead atoms. The first-order valence-corrected chi connectivity index (χ1v) is 7.58. The standard InChI is InChI=1S/C18H18F3NO4/c1-25-14-10-6-9-13(15(14)26-2)16(23)22-11-17(24,18(19,20)21)12-7-4-3-5-8-12/h3-10,24H,11H2,1-2H3,(H,22,23). The lowest BCUT2D eigenvalue weighted by Crippen LogP contribution is -2.51. The first-order chi connectivity index (χ1) is 12.2. The molecule has 0 heterocycles. The smallest absolute Gasteiger partial charge is 0.423 e. The zero-order valence-corrected chi connectivity index (χ0v) is 14.1. The lowest BCUT2D eigenvalue weighted by Gasteiger charge is -2.31. The molecule has 2 rings (SSSR count). The number of para-hydroxylation sites is 1. The van der Waals surface area contributed by atoms with Crippen molar-refractivity contribution < 1.29 is 32.5 Å². The summed E-state index contributed by atoms with van der Waals surface area (Å²) in [6, 6.07) is 11.0. The summed E-state index contributed by atoms with van der Waals surface area (Å²) in [5.74, 6) is -0.489. The highest BCUT2D eigenvalue weighted by atomic mass is 19.4. The summed E-state index contributed by atoms with van der Waals surface area (Å²) in [5, 5.41) is 12.4. The number of aliphatic hydroxyl groups is 1. The third kappa shape index (κ3) is 3.75. The number of nitrogens with one attached hydrogen (secondary N) is 1. The average molecular weight is 369 g/mol. The fraction of sp³-hybridized carbons (Fsp3) is 0.278. The maximum absolute atomic E-state index is 13.5. The minimum absolute atomic E-state index is 0.00978. The van der Waals surface area contributed by atoms with E-state index in [-0.39, 0.29) is 22.6 Å². The Bertz CT molecular complexity index is 765. The molecule has 1 unspecified atom stereocenters. The molecule has 5 nitrogen and oxygen atoms in total. The van der Waals surface area contributed by atoms with Crippen molar-refractivity contribution in [3.8, 4) is 11.5 Å². The molecule has 1 amide bonds. The molecule has 0 aromatic heterocycles. The van der Waals surface area contributed by atoms with Crippen LogP contribution in [0.4, 0.5) is 13.2 Å². The van der Waals surface area contributed by atoms with Crippen molar-refractivity contribution in [1.82, 2.24) is 5.32 Å². The SMILES string of the molecule is COc1cccc(C(=O)NCC(O)(c2ccccc2)C(F)(F)F)c1OC. The Hall–Kier alpha value is -2.74. The molecular formula is C18H18F3NO4. The normalized spacial score (nSPS) is 13.6.